The van der Waals surface area contributed by atoms with Crippen molar-refractivity contribution in [3.8, 4) is 5.75 Å². The van der Waals surface area contributed by atoms with Gasteiger partial charge in [0.2, 0.25) is 0 Å². The van der Waals surface area contributed by atoms with Crippen LogP contribution in [0.3, 0.4) is 0 Å². The fraction of sp³-hybridized carbons (Fsp3) is 0.304. The Bertz CT molecular complexity index is 1010. The van der Waals surface area contributed by atoms with Gasteiger partial charge >= 0.3 is 0 Å². The van der Waals surface area contributed by atoms with Crippen LogP contribution in [0, 0.1) is 0 Å². The minimum atomic E-state index is -0.272. The number of hydrogen-bond acceptors (Lipinski definition) is 5. The molecule has 2 amide bonds. The van der Waals surface area contributed by atoms with Crippen LogP contribution in [0.4, 0.5) is 0 Å². The Morgan fingerprint density at radius 2 is 1.81 bits per heavy atom. The molecule has 1 atom stereocenters. The zero-order valence-corrected chi connectivity index (χ0v) is 17.2. The molecule has 31 heavy (non-hydrogen) atoms. The Kier molecular flexibility index (Phi) is 6.56. The highest BCUT2D eigenvalue weighted by Gasteiger charge is 2.29. The molecule has 1 aromatic heterocycles. The summed E-state index contributed by atoms with van der Waals surface area (Å²) in [6, 6.07) is 19.0. The third-order valence-corrected chi connectivity index (χ3v) is 5.27. The molecule has 160 valence electrons. The average molecular weight is 419 g/mol. The molecule has 8 heteroatoms. The Hall–Kier alpha value is -3.68. The Morgan fingerprint density at radius 3 is 2.58 bits per heavy atom. The maximum Gasteiger partial charge on any atom is 0.273 e. The molecule has 1 unspecified atom stereocenters. The van der Waals surface area contributed by atoms with Crippen molar-refractivity contribution in [1.29, 1.82) is 0 Å². The van der Waals surface area contributed by atoms with Crippen LogP contribution in [0.15, 0.2) is 66.9 Å². The topological polar surface area (TPSA) is 89.4 Å². The lowest BCUT2D eigenvalue weighted by Gasteiger charge is -2.24. The van der Waals surface area contributed by atoms with Crippen LogP contribution in [0.2, 0.25) is 0 Å². The number of nitrogens with one attached hydrogen (secondary N) is 1. The molecule has 0 bridgehead atoms. The largest absolute Gasteiger partial charge is 0.484 e. The molecule has 4 rings (SSSR count). The molecular weight excluding hydrogens is 394 g/mol. The SMILES string of the molecule is O=C(NCc1ccccc1)c1cn(CC2CCCN2C(=O)COc2ccccc2)nn1. The third kappa shape index (κ3) is 5.48. The van der Waals surface area contributed by atoms with Crippen LogP contribution >= 0.6 is 0 Å². The lowest BCUT2D eigenvalue weighted by atomic mass is 10.2. The van der Waals surface area contributed by atoms with Crippen molar-refractivity contribution in [1.82, 2.24) is 25.2 Å². The van der Waals surface area contributed by atoms with Gasteiger partial charge in [-0.25, -0.2) is 4.68 Å². The minimum Gasteiger partial charge on any atom is -0.484 e. The Labute approximate surface area is 180 Å². The molecule has 8 nitrogen and oxygen atoms in total. The van der Waals surface area contributed by atoms with E-state index in [-0.39, 0.29) is 30.2 Å². The van der Waals surface area contributed by atoms with Crippen LogP contribution in [0.25, 0.3) is 0 Å². The minimum absolute atomic E-state index is 0.00497. The molecule has 2 heterocycles. The molecule has 3 aromatic rings. The number of likely N-dealkylation sites (tertiary alicyclic amines) is 1. The van der Waals surface area contributed by atoms with E-state index in [1.807, 2.05) is 65.6 Å². The second-order valence-electron chi connectivity index (χ2n) is 7.48. The molecule has 0 aliphatic carbocycles. The molecule has 0 saturated carbocycles. The smallest absolute Gasteiger partial charge is 0.273 e. The maximum atomic E-state index is 12.6. The highest BCUT2D eigenvalue weighted by atomic mass is 16.5. The lowest BCUT2D eigenvalue weighted by Crippen LogP contribution is -2.40. The summed E-state index contributed by atoms with van der Waals surface area (Å²) in [5.74, 6) is 0.354. The molecule has 1 fully saturated rings. The standard InChI is InChI=1S/C23H25N5O3/c29-22(17-31-20-11-5-2-6-12-20)28-13-7-10-19(28)15-27-16-21(25-26-27)23(30)24-14-18-8-3-1-4-9-18/h1-6,8-9,11-12,16,19H,7,10,13-15,17H2,(H,24,30). The Balaban J connectivity index is 1.29. The zero-order valence-electron chi connectivity index (χ0n) is 17.2. The third-order valence-electron chi connectivity index (χ3n) is 5.27. The van der Waals surface area contributed by atoms with Gasteiger partial charge in [-0.15, -0.1) is 5.10 Å². The second kappa shape index (κ2) is 9.88. The van der Waals surface area contributed by atoms with E-state index in [9.17, 15) is 9.59 Å². The highest BCUT2D eigenvalue weighted by molar-refractivity contribution is 5.91. The summed E-state index contributed by atoms with van der Waals surface area (Å²) in [5, 5.41) is 10.9. The van der Waals surface area contributed by atoms with Gasteiger partial charge in [0.05, 0.1) is 18.8 Å². The molecule has 1 saturated heterocycles. The molecule has 0 spiro atoms. The summed E-state index contributed by atoms with van der Waals surface area (Å²) >= 11 is 0. The van der Waals surface area contributed by atoms with Crippen molar-refractivity contribution in [2.45, 2.75) is 32.0 Å². The fourth-order valence-electron chi connectivity index (χ4n) is 3.67. The van der Waals surface area contributed by atoms with Gasteiger partial charge < -0.3 is 15.0 Å². The highest BCUT2D eigenvalue weighted by Crippen LogP contribution is 2.19. The van der Waals surface area contributed by atoms with Crippen molar-refractivity contribution in [2.24, 2.45) is 0 Å². The van der Waals surface area contributed by atoms with Gasteiger partial charge in [0, 0.05) is 13.1 Å². The lowest BCUT2D eigenvalue weighted by molar-refractivity contribution is -0.134. The van der Waals surface area contributed by atoms with Crippen molar-refractivity contribution < 1.29 is 14.3 Å². The van der Waals surface area contributed by atoms with Crippen LogP contribution in [-0.2, 0) is 17.9 Å². The normalized spacial score (nSPS) is 15.6. The van der Waals surface area contributed by atoms with Gasteiger partial charge in [0.1, 0.15) is 5.75 Å². The van der Waals surface area contributed by atoms with E-state index < -0.39 is 0 Å². The van der Waals surface area contributed by atoms with Crippen molar-refractivity contribution in [3.05, 3.63) is 78.1 Å². The van der Waals surface area contributed by atoms with Crippen molar-refractivity contribution in [2.75, 3.05) is 13.2 Å². The van der Waals surface area contributed by atoms with E-state index in [4.69, 9.17) is 4.74 Å². The summed E-state index contributed by atoms with van der Waals surface area (Å²) < 4.78 is 7.23. The predicted octanol–water partition coefficient (Wildman–Crippen LogP) is 2.28. The summed E-state index contributed by atoms with van der Waals surface area (Å²) in [7, 11) is 0. The first kappa shape index (κ1) is 20.6. The maximum absolute atomic E-state index is 12.6. The number of para-hydroxylation sites is 1. The second-order valence-corrected chi connectivity index (χ2v) is 7.48. The predicted molar refractivity (Wildman–Crippen MR) is 114 cm³/mol. The number of carbonyl (C=O) groups excluding carboxylic acids is 2. The van der Waals surface area contributed by atoms with E-state index in [2.05, 4.69) is 15.6 Å². The number of benzene rings is 2. The summed E-state index contributed by atoms with van der Waals surface area (Å²) in [4.78, 5) is 26.8. The van der Waals surface area contributed by atoms with E-state index in [0.717, 1.165) is 18.4 Å². The van der Waals surface area contributed by atoms with Crippen LogP contribution in [0.5, 0.6) is 5.75 Å². The number of aromatic nitrogens is 3. The number of ether oxygens (including phenoxy) is 1. The van der Waals surface area contributed by atoms with Crippen molar-refractivity contribution >= 4 is 11.8 Å². The monoisotopic (exact) mass is 419 g/mol. The van der Waals surface area contributed by atoms with Crippen LogP contribution in [-0.4, -0.2) is 50.9 Å². The van der Waals surface area contributed by atoms with Crippen LogP contribution in [0.1, 0.15) is 28.9 Å². The number of amides is 2. The van der Waals surface area contributed by atoms with E-state index in [0.29, 0.717) is 25.4 Å². The number of hydrogen-bond donors (Lipinski definition) is 1. The quantitative estimate of drug-likeness (QED) is 0.605. The van der Waals surface area contributed by atoms with Gasteiger partial charge in [-0.1, -0.05) is 53.7 Å². The van der Waals surface area contributed by atoms with E-state index in [1.54, 1.807) is 10.9 Å². The molecule has 1 aliphatic heterocycles. The number of nitrogens with zero attached hydrogens (tertiary/aromatic N) is 4. The van der Waals surface area contributed by atoms with Gasteiger partial charge in [0.15, 0.2) is 12.3 Å². The van der Waals surface area contributed by atoms with Gasteiger partial charge in [0.25, 0.3) is 11.8 Å². The van der Waals surface area contributed by atoms with Gasteiger partial charge in [-0.3, -0.25) is 9.59 Å². The summed E-state index contributed by atoms with van der Waals surface area (Å²) in [6.07, 6.45) is 3.44. The van der Waals surface area contributed by atoms with E-state index >= 15 is 0 Å². The van der Waals surface area contributed by atoms with Crippen LogP contribution < -0.4 is 10.1 Å². The zero-order chi connectivity index (χ0) is 21.5. The molecule has 0 radical (unpaired) electrons. The van der Waals surface area contributed by atoms with Crippen molar-refractivity contribution in [3.63, 3.8) is 0 Å². The first-order chi connectivity index (χ1) is 15.2. The summed E-state index contributed by atoms with van der Waals surface area (Å²) in [5.41, 5.74) is 1.28. The molecule has 1 aliphatic rings. The molecule has 1 N–H and O–H groups in total. The molecule has 2 aromatic carbocycles. The van der Waals surface area contributed by atoms with Gasteiger partial charge in [-0.05, 0) is 30.5 Å². The average Bonchev–Trinajstić information content (AvgIpc) is 3.47. The first-order valence-electron chi connectivity index (χ1n) is 10.4. The van der Waals surface area contributed by atoms with Gasteiger partial charge in [-0.2, -0.15) is 0 Å². The number of rotatable bonds is 8. The summed E-state index contributed by atoms with van der Waals surface area (Å²) in [6.45, 7) is 1.63. The molecular formula is C23H25N5O3. The van der Waals surface area contributed by atoms with E-state index in [1.165, 1.54) is 0 Å². The first-order valence-corrected chi connectivity index (χ1v) is 10.4. The number of carbonyl (C=O) groups is 2. The fourth-order valence-corrected chi connectivity index (χ4v) is 3.67. The Morgan fingerprint density at radius 1 is 1.06 bits per heavy atom.